The molecule has 1 aromatic carbocycles. The molecule has 3 aliphatic rings. The standard InChI is InChI=1S/C23H30N4O4S/c1-15-8-9-27(15)23-25-19-5-3-4-18(19)22(26-23)17-6-7-20(29-2)21(10-17)32(24,28)13-16-11-30-14-31-12-16/h6-7,10,15-16,24H,3-5,8-9,11-14H2,1-2H3/t15-,32?/m0/s1. The average Bonchev–Trinajstić information content (AvgIpc) is 3.26. The van der Waals surface area contributed by atoms with Gasteiger partial charge in [-0.15, -0.1) is 0 Å². The summed E-state index contributed by atoms with van der Waals surface area (Å²) in [4.78, 5) is 12.5. The Morgan fingerprint density at radius 3 is 2.75 bits per heavy atom. The second-order valence-corrected chi connectivity index (χ2v) is 11.0. The van der Waals surface area contributed by atoms with Gasteiger partial charge in [-0.1, -0.05) is 0 Å². The topological polar surface area (TPSA) is 97.6 Å². The number of ether oxygens (including phenoxy) is 3. The van der Waals surface area contributed by atoms with Gasteiger partial charge in [0.25, 0.3) is 0 Å². The second-order valence-electron chi connectivity index (χ2n) is 8.92. The molecule has 2 fully saturated rings. The van der Waals surface area contributed by atoms with Gasteiger partial charge in [-0.25, -0.2) is 19.0 Å². The molecule has 1 aromatic heterocycles. The number of hydrogen-bond donors (Lipinski definition) is 1. The van der Waals surface area contributed by atoms with Crippen LogP contribution in [0.25, 0.3) is 11.3 Å². The smallest absolute Gasteiger partial charge is 0.226 e. The summed E-state index contributed by atoms with van der Waals surface area (Å²) < 4.78 is 38.5. The summed E-state index contributed by atoms with van der Waals surface area (Å²) >= 11 is 0. The van der Waals surface area contributed by atoms with Gasteiger partial charge in [-0.05, 0) is 50.8 Å². The summed E-state index contributed by atoms with van der Waals surface area (Å²) in [7, 11) is -1.57. The van der Waals surface area contributed by atoms with E-state index in [4.69, 9.17) is 29.0 Å². The first-order valence-corrected chi connectivity index (χ1v) is 13.0. The largest absolute Gasteiger partial charge is 0.495 e. The maximum absolute atomic E-state index is 13.6. The molecule has 2 aromatic rings. The Balaban J connectivity index is 1.55. The van der Waals surface area contributed by atoms with Crippen LogP contribution >= 0.6 is 0 Å². The molecule has 2 saturated heterocycles. The fraction of sp³-hybridized carbons (Fsp3) is 0.565. The van der Waals surface area contributed by atoms with Crippen LogP contribution in [0.3, 0.4) is 0 Å². The van der Waals surface area contributed by atoms with Crippen molar-refractivity contribution in [1.29, 1.82) is 4.78 Å². The number of anilines is 1. The van der Waals surface area contributed by atoms with Crippen LogP contribution in [0.15, 0.2) is 23.1 Å². The van der Waals surface area contributed by atoms with Crippen LogP contribution in [-0.2, 0) is 32.0 Å². The van der Waals surface area contributed by atoms with E-state index in [0.717, 1.165) is 55.1 Å². The van der Waals surface area contributed by atoms with E-state index in [-0.39, 0.29) is 18.5 Å². The summed E-state index contributed by atoms with van der Waals surface area (Å²) in [6.45, 7) is 4.33. The number of aromatic nitrogens is 2. The molecule has 1 aliphatic carbocycles. The second kappa shape index (κ2) is 8.61. The lowest BCUT2D eigenvalue weighted by molar-refractivity contribution is -0.120. The van der Waals surface area contributed by atoms with Crippen molar-refractivity contribution < 1.29 is 18.4 Å². The Morgan fingerprint density at radius 2 is 2.06 bits per heavy atom. The molecule has 172 valence electrons. The van der Waals surface area contributed by atoms with Crippen LogP contribution in [0.2, 0.25) is 0 Å². The minimum absolute atomic E-state index is 0.0788. The molecule has 2 aliphatic heterocycles. The van der Waals surface area contributed by atoms with Gasteiger partial charge in [0.2, 0.25) is 5.95 Å². The van der Waals surface area contributed by atoms with E-state index in [9.17, 15) is 4.21 Å². The maximum atomic E-state index is 13.6. The van der Waals surface area contributed by atoms with E-state index >= 15 is 0 Å². The monoisotopic (exact) mass is 458 g/mol. The van der Waals surface area contributed by atoms with E-state index in [0.29, 0.717) is 29.9 Å². The normalized spacial score (nSPS) is 22.8. The first-order chi connectivity index (χ1) is 15.5. The Kier molecular flexibility index (Phi) is 5.81. The van der Waals surface area contributed by atoms with Gasteiger partial charge in [-0.2, -0.15) is 0 Å². The number of benzene rings is 1. The average molecular weight is 459 g/mol. The van der Waals surface area contributed by atoms with Crippen LogP contribution in [0.4, 0.5) is 5.95 Å². The Hall–Kier alpha value is -2.23. The molecule has 32 heavy (non-hydrogen) atoms. The number of methoxy groups -OCH3 is 1. The third-order valence-electron chi connectivity index (χ3n) is 6.63. The number of nitrogens with zero attached hydrogens (tertiary/aromatic N) is 3. The molecule has 0 spiro atoms. The van der Waals surface area contributed by atoms with Crippen molar-refractivity contribution >= 4 is 15.7 Å². The number of fused-ring (bicyclic) bond motifs is 1. The predicted octanol–water partition coefficient (Wildman–Crippen LogP) is 3.27. The first kappa shape index (κ1) is 21.6. The lowest BCUT2D eigenvalue weighted by Crippen LogP contribution is -2.46. The predicted molar refractivity (Wildman–Crippen MR) is 122 cm³/mol. The molecule has 1 unspecified atom stereocenters. The van der Waals surface area contributed by atoms with E-state index in [1.165, 1.54) is 5.56 Å². The number of aryl methyl sites for hydroxylation is 1. The third kappa shape index (κ3) is 3.97. The summed E-state index contributed by atoms with van der Waals surface area (Å²) in [5, 5.41) is 0. The van der Waals surface area contributed by atoms with Crippen LogP contribution in [-0.4, -0.2) is 59.6 Å². The van der Waals surface area contributed by atoms with Crippen LogP contribution in [0, 0.1) is 10.7 Å². The highest BCUT2D eigenvalue weighted by atomic mass is 32.2. The number of nitrogens with one attached hydrogen (secondary N) is 1. The van der Waals surface area contributed by atoms with E-state index < -0.39 is 9.73 Å². The highest BCUT2D eigenvalue weighted by molar-refractivity contribution is 7.92. The summed E-state index contributed by atoms with van der Waals surface area (Å²) in [5.41, 5.74) is 4.05. The molecular formula is C23H30N4O4S. The van der Waals surface area contributed by atoms with Crippen molar-refractivity contribution in [2.45, 2.75) is 43.5 Å². The van der Waals surface area contributed by atoms with Crippen molar-refractivity contribution in [3.63, 3.8) is 0 Å². The van der Waals surface area contributed by atoms with Gasteiger partial charge in [-0.3, -0.25) is 0 Å². The molecule has 0 amide bonds. The zero-order chi connectivity index (χ0) is 22.3. The first-order valence-electron chi connectivity index (χ1n) is 11.2. The molecule has 0 radical (unpaired) electrons. The third-order valence-corrected chi connectivity index (χ3v) is 8.60. The SMILES string of the molecule is COc1ccc(-c2nc(N3CC[C@@H]3C)nc3c2CCC3)cc1S(=N)(=O)CC1COCOC1. The van der Waals surface area contributed by atoms with Crippen LogP contribution in [0.1, 0.15) is 31.0 Å². The van der Waals surface area contributed by atoms with Gasteiger partial charge >= 0.3 is 0 Å². The zero-order valence-corrected chi connectivity index (χ0v) is 19.5. The van der Waals surface area contributed by atoms with Crippen LogP contribution < -0.4 is 9.64 Å². The summed E-state index contributed by atoms with van der Waals surface area (Å²) in [5.74, 6) is 1.34. The summed E-state index contributed by atoms with van der Waals surface area (Å²) in [6, 6.07) is 6.04. The van der Waals surface area contributed by atoms with Crippen molar-refractivity contribution in [3.05, 3.63) is 29.5 Å². The molecule has 3 heterocycles. The lowest BCUT2D eigenvalue weighted by atomic mass is 10.0. The number of hydrogen-bond acceptors (Lipinski definition) is 8. The van der Waals surface area contributed by atoms with Gasteiger partial charge in [0, 0.05) is 41.1 Å². The summed E-state index contributed by atoms with van der Waals surface area (Å²) in [6.07, 6.45) is 4.11. The van der Waals surface area contributed by atoms with Crippen LogP contribution in [0.5, 0.6) is 5.75 Å². The van der Waals surface area contributed by atoms with E-state index in [1.807, 2.05) is 18.2 Å². The molecule has 0 saturated carbocycles. The number of rotatable bonds is 6. The maximum Gasteiger partial charge on any atom is 0.226 e. The quantitative estimate of drug-likeness (QED) is 0.709. The van der Waals surface area contributed by atoms with E-state index in [1.54, 1.807) is 7.11 Å². The van der Waals surface area contributed by atoms with Gasteiger partial charge in [0.15, 0.2) is 0 Å². The van der Waals surface area contributed by atoms with E-state index in [2.05, 4.69) is 11.8 Å². The fourth-order valence-corrected chi connectivity index (χ4v) is 6.57. The molecule has 8 nitrogen and oxygen atoms in total. The van der Waals surface area contributed by atoms with Gasteiger partial charge in [0.05, 0.1) is 40.6 Å². The van der Waals surface area contributed by atoms with Crippen molar-refractivity contribution in [2.75, 3.05) is 44.3 Å². The minimum atomic E-state index is -3.11. The minimum Gasteiger partial charge on any atom is -0.495 e. The molecule has 5 rings (SSSR count). The highest BCUT2D eigenvalue weighted by Gasteiger charge is 2.30. The molecule has 0 bridgehead atoms. The highest BCUT2D eigenvalue weighted by Crippen LogP contribution is 2.37. The molecule has 9 heteroatoms. The zero-order valence-electron chi connectivity index (χ0n) is 18.6. The Bertz CT molecular complexity index is 1120. The van der Waals surface area contributed by atoms with Crippen molar-refractivity contribution in [1.82, 2.24) is 9.97 Å². The van der Waals surface area contributed by atoms with Gasteiger partial charge < -0.3 is 19.1 Å². The lowest BCUT2D eigenvalue weighted by Gasteiger charge is -2.39. The van der Waals surface area contributed by atoms with Crippen molar-refractivity contribution in [2.24, 2.45) is 5.92 Å². The molecular weight excluding hydrogens is 428 g/mol. The fourth-order valence-electron chi connectivity index (χ4n) is 4.74. The van der Waals surface area contributed by atoms with Gasteiger partial charge in [0.1, 0.15) is 12.5 Å². The Morgan fingerprint density at radius 1 is 1.25 bits per heavy atom. The molecule has 2 atom stereocenters. The Labute approximate surface area is 189 Å². The van der Waals surface area contributed by atoms with Crippen molar-refractivity contribution in [3.8, 4) is 17.0 Å². The molecule has 1 N–H and O–H groups in total.